The first-order valence-electron chi connectivity index (χ1n) is 6.63. The van der Waals surface area contributed by atoms with Crippen LogP contribution in [0.4, 0.5) is 0 Å². The number of aliphatic hydroxyl groups excluding tert-OH is 1. The van der Waals surface area contributed by atoms with Gasteiger partial charge in [-0.05, 0) is 26.3 Å². The van der Waals surface area contributed by atoms with Crippen LogP contribution in [0.1, 0.15) is 29.0 Å². The van der Waals surface area contributed by atoms with E-state index in [0.717, 1.165) is 25.1 Å². The molecule has 2 heterocycles. The van der Waals surface area contributed by atoms with Gasteiger partial charge in [-0.2, -0.15) is 0 Å². The van der Waals surface area contributed by atoms with Crippen molar-refractivity contribution in [2.45, 2.75) is 25.8 Å². The van der Waals surface area contributed by atoms with E-state index in [4.69, 9.17) is 5.11 Å². The molecule has 1 aliphatic heterocycles. The number of hydrogen-bond donors (Lipinski definition) is 2. The van der Waals surface area contributed by atoms with Crippen molar-refractivity contribution in [3.8, 4) is 0 Å². The van der Waals surface area contributed by atoms with Gasteiger partial charge >= 0.3 is 0 Å². The van der Waals surface area contributed by atoms with Gasteiger partial charge in [-0.15, -0.1) is 0 Å². The molecule has 19 heavy (non-hydrogen) atoms. The van der Waals surface area contributed by atoms with Gasteiger partial charge in [0, 0.05) is 25.3 Å². The Kier molecular flexibility index (Phi) is 4.81. The molecule has 0 radical (unpaired) electrons. The average molecular weight is 264 g/mol. The number of carbonyl (C=O) groups excluding carboxylic acids is 1. The van der Waals surface area contributed by atoms with E-state index in [2.05, 4.69) is 15.3 Å². The highest BCUT2D eigenvalue weighted by Crippen LogP contribution is 2.09. The zero-order valence-electron chi connectivity index (χ0n) is 11.2. The highest BCUT2D eigenvalue weighted by atomic mass is 16.3. The van der Waals surface area contributed by atoms with Crippen molar-refractivity contribution < 1.29 is 9.90 Å². The molecular formula is C13H20N4O2. The molecule has 104 valence electrons. The summed E-state index contributed by atoms with van der Waals surface area (Å²) >= 11 is 0. The molecule has 0 aliphatic carbocycles. The van der Waals surface area contributed by atoms with Crippen LogP contribution in [-0.2, 0) is 0 Å². The minimum absolute atomic E-state index is 0.0439. The van der Waals surface area contributed by atoms with E-state index in [1.54, 1.807) is 11.1 Å². The zero-order valence-corrected chi connectivity index (χ0v) is 11.2. The summed E-state index contributed by atoms with van der Waals surface area (Å²) in [6, 6.07) is 0.314. The summed E-state index contributed by atoms with van der Waals surface area (Å²) in [4.78, 5) is 22.1. The van der Waals surface area contributed by atoms with Gasteiger partial charge in [-0.1, -0.05) is 0 Å². The maximum Gasteiger partial charge on any atom is 0.274 e. The summed E-state index contributed by atoms with van der Waals surface area (Å²) < 4.78 is 0. The van der Waals surface area contributed by atoms with Gasteiger partial charge < -0.3 is 15.3 Å². The number of carbonyl (C=O) groups is 1. The Labute approximate surface area is 112 Å². The van der Waals surface area contributed by atoms with Crippen LogP contribution in [0.5, 0.6) is 0 Å². The molecule has 1 amide bonds. The first-order valence-corrected chi connectivity index (χ1v) is 6.63. The van der Waals surface area contributed by atoms with E-state index in [1.807, 2.05) is 6.92 Å². The molecule has 1 atom stereocenters. The highest BCUT2D eigenvalue weighted by Gasteiger charge is 2.22. The number of nitrogens with zero attached hydrogens (tertiary/aromatic N) is 3. The molecule has 0 aromatic carbocycles. The molecular weight excluding hydrogens is 244 g/mol. The first kappa shape index (κ1) is 13.9. The first-order chi connectivity index (χ1) is 9.20. The Morgan fingerprint density at radius 1 is 1.53 bits per heavy atom. The molecule has 1 saturated heterocycles. The van der Waals surface area contributed by atoms with E-state index in [-0.39, 0.29) is 12.5 Å². The summed E-state index contributed by atoms with van der Waals surface area (Å²) in [7, 11) is 0. The van der Waals surface area contributed by atoms with Gasteiger partial charge in [-0.25, -0.2) is 4.98 Å². The van der Waals surface area contributed by atoms with Crippen LogP contribution in [0.25, 0.3) is 0 Å². The fraction of sp³-hybridized carbons (Fsp3) is 0.615. The Morgan fingerprint density at radius 2 is 2.37 bits per heavy atom. The quantitative estimate of drug-likeness (QED) is 0.781. The van der Waals surface area contributed by atoms with Crippen molar-refractivity contribution in [1.29, 1.82) is 0 Å². The molecule has 1 aromatic rings. The lowest BCUT2D eigenvalue weighted by molar-refractivity contribution is 0.0700. The molecule has 0 spiro atoms. The average Bonchev–Trinajstić information content (AvgIpc) is 2.91. The lowest BCUT2D eigenvalue weighted by Gasteiger charge is -2.24. The summed E-state index contributed by atoms with van der Waals surface area (Å²) in [5.74, 6) is -0.171. The molecule has 1 fully saturated rings. The molecule has 6 nitrogen and oxygen atoms in total. The second-order valence-electron chi connectivity index (χ2n) is 4.81. The Morgan fingerprint density at radius 3 is 2.95 bits per heavy atom. The van der Waals surface area contributed by atoms with Crippen molar-refractivity contribution in [3.05, 3.63) is 23.8 Å². The van der Waals surface area contributed by atoms with Crippen LogP contribution >= 0.6 is 0 Å². The second-order valence-corrected chi connectivity index (χ2v) is 4.81. The predicted molar refractivity (Wildman–Crippen MR) is 70.8 cm³/mol. The second kappa shape index (κ2) is 6.58. The van der Waals surface area contributed by atoms with E-state index in [0.29, 0.717) is 24.8 Å². The number of aromatic nitrogens is 2. The highest BCUT2D eigenvalue weighted by molar-refractivity contribution is 5.92. The van der Waals surface area contributed by atoms with E-state index < -0.39 is 0 Å². The maximum absolute atomic E-state index is 12.3. The van der Waals surface area contributed by atoms with E-state index >= 15 is 0 Å². The molecule has 6 heteroatoms. The SMILES string of the molecule is Cc1cnc(C(=O)N(CCO)CC2CCCN2)cn1. The number of aliphatic hydroxyl groups is 1. The van der Waals surface area contributed by atoms with Crippen molar-refractivity contribution in [2.75, 3.05) is 26.2 Å². The molecule has 2 N–H and O–H groups in total. The molecule has 1 aliphatic rings. The van der Waals surface area contributed by atoms with Crippen LogP contribution in [-0.4, -0.2) is 58.2 Å². The van der Waals surface area contributed by atoms with E-state index in [1.165, 1.54) is 6.20 Å². The molecule has 0 saturated carbocycles. The molecule has 1 aromatic heterocycles. The van der Waals surface area contributed by atoms with Gasteiger partial charge in [0.15, 0.2) is 0 Å². The van der Waals surface area contributed by atoms with Crippen LogP contribution in [0.2, 0.25) is 0 Å². The van der Waals surface area contributed by atoms with Crippen molar-refractivity contribution in [3.63, 3.8) is 0 Å². The van der Waals surface area contributed by atoms with Crippen molar-refractivity contribution >= 4 is 5.91 Å². The summed E-state index contributed by atoms with van der Waals surface area (Å²) in [5.41, 5.74) is 1.11. The fourth-order valence-corrected chi connectivity index (χ4v) is 2.24. The van der Waals surface area contributed by atoms with Gasteiger partial charge in [0.1, 0.15) is 5.69 Å². The molecule has 1 unspecified atom stereocenters. The van der Waals surface area contributed by atoms with E-state index in [9.17, 15) is 4.79 Å². The Hall–Kier alpha value is -1.53. The molecule has 0 bridgehead atoms. The lowest BCUT2D eigenvalue weighted by atomic mass is 10.2. The Bertz CT molecular complexity index is 415. The number of hydrogen-bond acceptors (Lipinski definition) is 5. The number of rotatable bonds is 5. The molecule has 2 rings (SSSR count). The van der Waals surface area contributed by atoms with Gasteiger partial charge in [0.25, 0.3) is 5.91 Å². The van der Waals surface area contributed by atoms with Crippen LogP contribution in [0.15, 0.2) is 12.4 Å². The standard InChI is InChI=1S/C13H20N4O2/c1-10-7-16-12(8-15-10)13(19)17(5-6-18)9-11-3-2-4-14-11/h7-8,11,14,18H,2-6,9H2,1H3. The van der Waals surface area contributed by atoms with Gasteiger partial charge in [-0.3, -0.25) is 9.78 Å². The number of aryl methyl sites for hydroxylation is 1. The lowest BCUT2D eigenvalue weighted by Crippen LogP contribution is -2.42. The third-order valence-corrected chi connectivity index (χ3v) is 3.26. The summed E-state index contributed by atoms with van der Waals surface area (Å²) in [6.45, 7) is 3.71. The smallest absolute Gasteiger partial charge is 0.274 e. The monoisotopic (exact) mass is 264 g/mol. The van der Waals surface area contributed by atoms with Crippen LogP contribution in [0, 0.1) is 6.92 Å². The summed E-state index contributed by atoms with van der Waals surface area (Å²) in [5, 5.41) is 12.4. The minimum Gasteiger partial charge on any atom is -0.395 e. The van der Waals surface area contributed by atoms with Crippen LogP contribution in [0.3, 0.4) is 0 Å². The third kappa shape index (κ3) is 3.71. The van der Waals surface area contributed by atoms with Crippen molar-refractivity contribution in [1.82, 2.24) is 20.2 Å². The fourth-order valence-electron chi connectivity index (χ4n) is 2.24. The van der Waals surface area contributed by atoms with Crippen LogP contribution < -0.4 is 5.32 Å². The number of amides is 1. The third-order valence-electron chi connectivity index (χ3n) is 3.26. The topological polar surface area (TPSA) is 78.4 Å². The Balaban J connectivity index is 2.04. The zero-order chi connectivity index (χ0) is 13.7. The maximum atomic E-state index is 12.3. The normalized spacial score (nSPS) is 18.5. The summed E-state index contributed by atoms with van der Waals surface area (Å²) in [6.07, 6.45) is 5.27. The van der Waals surface area contributed by atoms with Gasteiger partial charge in [0.05, 0.1) is 18.5 Å². The van der Waals surface area contributed by atoms with Gasteiger partial charge in [0.2, 0.25) is 0 Å². The van der Waals surface area contributed by atoms with Crippen molar-refractivity contribution in [2.24, 2.45) is 0 Å². The predicted octanol–water partition coefficient (Wildman–Crippen LogP) is -0.0285. The number of nitrogens with one attached hydrogen (secondary N) is 1. The minimum atomic E-state index is -0.171. The largest absolute Gasteiger partial charge is 0.395 e.